The second-order valence-electron chi connectivity index (χ2n) is 8.64. The van der Waals surface area contributed by atoms with E-state index in [0.717, 1.165) is 33.7 Å². The third kappa shape index (κ3) is 6.97. The highest BCUT2D eigenvalue weighted by molar-refractivity contribution is 7.99. The molecule has 0 spiro atoms. The Morgan fingerprint density at radius 2 is 1.77 bits per heavy atom. The first-order valence-corrected chi connectivity index (χ1v) is 13.3. The molecule has 0 unspecified atom stereocenters. The molecule has 5 aromatic rings. The molecular formula is C30H26N6O2S. The molecule has 0 bridgehead atoms. The molecule has 0 radical (unpaired) electrons. The zero-order chi connectivity index (χ0) is 26.9. The minimum Gasteiger partial charge on any atom is -0.489 e. The van der Waals surface area contributed by atoms with Gasteiger partial charge in [0, 0.05) is 23.6 Å². The molecule has 39 heavy (non-hydrogen) atoms. The van der Waals surface area contributed by atoms with E-state index >= 15 is 0 Å². The fourth-order valence-corrected chi connectivity index (χ4v) is 4.49. The maximum atomic E-state index is 12.6. The number of benzene rings is 3. The number of hydrogen-bond donors (Lipinski definition) is 1. The zero-order valence-corrected chi connectivity index (χ0v) is 22.1. The monoisotopic (exact) mass is 534 g/mol. The highest BCUT2D eigenvalue weighted by atomic mass is 32.2. The van der Waals surface area contributed by atoms with Crippen molar-refractivity contribution in [2.75, 3.05) is 5.75 Å². The first kappa shape index (κ1) is 25.9. The van der Waals surface area contributed by atoms with E-state index in [2.05, 4.69) is 25.7 Å². The van der Waals surface area contributed by atoms with Gasteiger partial charge in [0.2, 0.25) is 0 Å². The lowest BCUT2D eigenvalue weighted by atomic mass is 10.2. The SMILES string of the molecule is Cc1ccc(-n2c(SCC(=O)NN=Cc3cccc(OCc4ccccc4)c3)nnc2-c2ccncc2)cc1. The Kier molecular flexibility index (Phi) is 8.40. The summed E-state index contributed by atoms with van der Waals surface area (Å²) in [5, 5.41) is 13.5. The van der Waals surface area contributed by atoms with Gasteiger partial charge in [-0.05, 0) is 54.4 Å². The molecule has 2 heterocycles. The van der Waals surface area contributed by atoms with Gasteiger partial charge in [-0.1, -0.05) is 71.9 Å². The van der Waals surface area contributed by atoms with Gasteiger partial charge in [0.15, 0.2) is 11.0 Å². The van der Waals surface area contributed by atoms with Crippen LogP contribution in [0, 0.1) is 6.92 Å². The van der Waals surface area contributed by atoms with E-state index in [1.165, 1.54) is 11.8 Å². The molecule has 0 aliphatic heterocycles. The van der Waals surface area contributed by atoms with Crippen molar-refractivity contribution in [3.8, 4) is 22.8 Å². The number of hydrazone groups is 1. The quantitative estimate of drug-likeness (QED) is 0.145. The van der Waals surface area contributed by atoms with E-state index in [1.807, 2.05) is 102 Å². The molecule has 5 rings (SSSR count). The fraction of sp³-hybridized carbons (Fsp3) is 0.100. The Balaban J connectivity index is 1.21. The van der Waals surface area contributed by atoms with Crippen LogP contribution in [0.3, 0.4) is 0 Å². The van der Waals surface area contributed by atoms with Gasteiger partial charge in [-0.25, -0.2) is 5.43 Å². The summed E-state index contributed by atoms with van der Waals surface area (Å²) >= 11 is 1.29. The van der Waals surface area contributed by atoms with Crippen LogP contribution in [0.5, 0.6) is 5.75 Å². The highest BCUT2D eigenvalue weighted by Crippen LogP contribution is 2.27. The summed E-state index contributed by atoms with van der Waals surface area (Å²) in [4.78, 5) is 16.7. The number of pyridine rings is 1. The molecule has 2 aromatic heterocycles. The molecule has 194 valence electrons. The third-order valence-electron chi connectivity index (χ3n) is 5.71. The van der Waals surface area contributed by atoms with Crippen LogP contribution in [-0.4, -0.2) is 37.6 Å². The molecule has 0 saturated heterocycles. The molecule has 1 N–H and O–H groups in total. The number of ether oxygens (including phenoxy) is 1. The van der Waals surface area contributed by atoms with Crippen molar-refractivity contribution < 1.29 is 9.53 Å². The Morgan fingerprint density at radius 1 is 0.974 bits per heavy atom. The molecule has 9 heteroatoms. The van der Waals surface area contributed by atoms with Crippen LogP contribution in [0.4, 0.5) is 0 Å². The molecule has 3 aromatic carbocycles. The van der Waals surface area contributed by atoms with Crippen molar-refractivity contribution in [3.63, 3.8) is 0 Å². The third-order valence-corrected chi connectivity index (χ3v) is 6.63. The Morgan fingerprint density at radius 3 is 2.56 bits per heavy atom. The topological polar surface area (TPSA) is 94.3 Å². The van der Waals surface area contributed by atoms with Crippen LogP contribution >= 0.6 is 11.8 Å². The molecule has 0 atom stereocenters. The van der Waals surface area contributed by atoms with Gasteiger partial charge in [-0.3, -0.25) is 14.3 Å². The number of nitrogens with zero attached hydrogens (tertiary/aromatic N) is 5. The van der Waals surface area contributed by atoms with E-state index in [9.17, 15) is 4.79 Å². The number of thioether (sulfide) groups is 1. The van der Waals surface area contributed by atoms with E-state index in [0.29, 0.717) is 17.6 Å². The van der Waals surface area contributed by atoms with Crippen molar-refractivity contribution in [2.45, 2.75) is 18.7 Å². The summed E-state index contributed by atoms with van der Waals surface area (Å²) in [7, 11) is 0. The van der Waals surface area contributed by atoms with Crippen LogP contribution in [0.15, 0.2) is 114 Å². The van der Waals surface area contributed by atoms with Crippen molar-refractivity contribution in [3.05, 3.63) is 120 Å². The van der Waals surface area contributed by atoms with Crippen LogP contribution in [0.25, 0.3) is 17.1 Å². The average Bonchev–Trinajstić information content (AvgIpc) is 3.41. The van der Waals surface area contributed by atoms with Gasteiger partial charge < -0.3 is 4.74 Å². The number of carbonyl (C=O) groups excluding carboxylic acids is 1. The highest BCUT2D eigenvalue weighted by Gasteiger charge is 2.17. The summed E-state index contributed by atoms with van der Waals surface area (Å²) in [6, 6.07) is 29.4. The largest absolute Gasteiger partial charge is 0.489 e. The van der Waals surface area contributed by atoms with E-state index in [4.69, 9.17) is 4.74 Å². The van der Waals surface area contributed by atoms with E-state index < -0.39 is 0 Å². The van der Waals surface area contributed by atoms with Gasteiger partial charge >= 0.3 is 0 Å². The number of hydrogen-bond acceptors (Lipinski definition) is 7. The number of amides is 1. The first-order chi connectivity index (χ1) is 19.2. The van der Waals surface area contributed by atoms with Crippen molar-refractivity contribution in [1.29, 1.82) is 0 Å². The summed E-state index contributed by atoms with van der Waals surface area (Å²) in [6.45, 7) is 2.51. The van der Waals surface area contributed by atoms with Crippen LogP contribution in [-0.2, 0) is 11.4 Å². The molecule has 0 fully saturated rings. The smallest absolute Gasteiger partial charge is 0.250 e. The predicted molar refractivity (Wildman–Crippen MR) is 153 cm³/mol. The molecule has 8 nitrogen and oxygen atoms in total. The summed E-state index contributed by atoms with van der Waals surface area (Å²) in [5.74, 6) is 1.27. The van der Waals surface area contributed by atoms with E-state index in [-0.39, 0.29) is 11.7 Å². The first-order valence-electron chi connectivity index (χ1n) is 12.3. The van der Waals surface area contributed by atoms with Gasteiger partial charge in [0.1, 0.15) is 12.4 Å². The second kappa shape index (κ2) is 12.7. The number of aromatic nitrogens is 4. The number of aryl methyl sites for hydroxylation is 1. The minimum atomic E-state index is -0.253. The van der Waals surface area contributed by atoms with Gasteiger partial charge in [0.05, 0.1) is 12.0 Å². The molecular weight excluding hydrogens is 508 g/mol. The average molecular weight is 535 g/mol. The fourth-order valence-electron chi connectivity index (χ4n) is 3.74. The van der Waals surface area contributed by atoms with Crippen molar-refractivity contribution in [2.24, 2.45) is 5.10 Å². The van der Waals surface area contributed by atoms with Crippen LogP contribution in [0.2, 0.25) is 0 Å². The van der Waals surface area contributed by atoms with Gasteiger partial charge in [0.25, 0.3) is 5.91 Å². The number of carbonyl (C=O) groups is 1. The van der Waals surface area contributed by atoms with Crippen molar-refractivity contribution >= 4 is 23.9 Å². The minimum absolute atomic E-state index is 0.123. The summed E-state index contributed by atoms with van der Waals surface area (Å²) in [5.41, 5.74) is 7.43. The molecule has 0 aliphatic carbocycles. The lowest BCUT2D eigenvalue weighted by molar-refractivity contribution is -0.118. The predicted octanol–water partition coefficient (Wildman–Crippen LogP) is 5.46. The number of rotatable bonds is 10. The lowest BCUT2D eigenvalue weighted by Crippen LogP contribution is -2.20. The Labute approximate surface area is 230 Å². The Bertz CT molecular complexity index is 1550. The summed E-state index contributed by atoms with van der Waals surface area (Å²) in [6.07, 6.45) is 5.02. The number of nitrogens with one attached hydrogen (secondary N) is 1. The Hall–Kier alpha value is -4.76. The van der Waals surface area contributed by atoms with Crippen LogP contribution < -0.4 is 10.2 Å². The van der Waals surface area contributed by atoms with Crippen molar-refractivity contribution in [1.82, 2.24) is 25.2 Å². The maximum Gasteiger partial charge on any atom is 0.250 e. The lowest BCUT2D eigenvalue weighted by Gasteiger charge is -2.10. The standard InChI is InChI=1S/C30H26N6O2S/c1-22-10-12-26(13-11-22)36-29(25-14-16-31-17-15-25)34-35-30(36)39-21-28(37)33-32-19-24-8-5-9-27(18-24)38-20-23-6-3-2-4-7-23/h2-19H,20-21H2,1H3,(H,33,37). The molecule has 1 amide bonds. The van der Waals surface area contributed by atoms with Gasteiger partial charge in [-0.15, -0.1) is 10.2 Å². The normalized spacial score (nSPS) is 11.0. The van der Waals surface area contributed by atoms with E-state index in [1.54, 1.807) is 18.6 Å². The van der Waals surface area contributed by atoms with Gasteiger partial charge in [-0.2, -0.15) is 5.10 Å². The molecule has 0 saturated carbocycles. The second-order valence-corrected chi connectivity index (χ2v) is 9.58. The summed E-state index contributed by atoms with van der Waals surface area (Å²) < 4.78 is 7.81. The molecule has 0 aliphatic rings. The maximum absolute atomic E-state index is 12.6. The van der Waals surface area contributed by atoms with Crippen LogP contribution in [0.1, 0.15) is 16.7 Å². The zero-order valence-electron chi connectivity index (χ0n) is 21.3.